The van der Waals surface area contributed by atoms with E-state index in [9.17, 15) is 4.79 Å². The minimum absolute atomic E-state index is 0.0356. The number of hydrogen-bond acceptors (Lipinski definition) is 2. The Hall–Kier alpha value is -2.68. The van der Waals surface area contributed by atoms with E-state index in [1.807, 2.05) is 48.7 Å². The van der Waals surface area contributed by atoms with E-state index in [0.717, 1.165) is 22.9 Å². The molecule has 0 bridgehead atoms. The molecule has 0 aliphatic heterocycles. The van der Waals surface area contributed by atoms with Crippen LogP contribution in [0.15, 0.2) is 67.0 Å². The van der Waals surface area contributed by atoms with Gasteiger partial charge in [0.1, 0.15) is 0 Å². The van der Waals surface area contributed by atoms with Crippen LogP contribution >= 0.6 is 0 Å². The molecular formula is C20H18N2O. The van der Waals surface area contributed by atoms with Crippen LogP contribution in [-0.4, -0.2) is 10.9 Å². The highest BCUT2D eigenvalue weighted by Crippen LogP contribution is 2.54. The van der Waals surface area contributed by atoms with E-state index < -0.39 is 0 Å². The lowest BCUT2D eigenvalue weighted by molar-refractivity contribution is -0.117. The molecule has 2 aromatic carbocycles. The van der Waals surface area contributed by atoms with E-state index in [1.165, 1.54) is 5.56 Å². The van der Waals surface area contributed by atoms with Crippen LogP contribution in [0, 0.1) is 5.92 Å². The van der Waals surface area contributed by atoms with Crippen LogP contribution in [0.2, 0.25) is 0 Å². The van der Waals surface area contributed by atoms with Crippen molar-refractivity contribution in [2.24, 2.45) is 5.92 Å². The van der Waals surface area contributed by atoms with E-state index in [1.54, 1.807) is 6.20 Å². The van der Waals surface area contributed by atoms with Crippen LogP contribution in [-0.2, 0) is 10.2 Å². The number of carbonyl (C=O) groups is 1. The van der Waals surface area contributed by atoms with E-state index in [2.05, 4.69) is 29.4 Å². The molecule has 1 aliphatic carbocycles. The van der Waals surface area contributed by atoms with Gasteiger partial charge in [-0.2, -0.15) is 0 Å². The van der Waals surface area contributed by atoms with E-state index in [-0.39, 0.29) is 17.2 Å². The normalized spacial score (nSPS) is 22.7. The number of nitrogens with one attached hydrogen (secondary N) is 1. The number of amides is 1. The molecule has 1 saturated carbocycles. The Morgan fingerprint density at radius 1 is 1.13 bits per heavy atom. The monoisotopic (exact) mass is 302 g/mol. The molecule has 0 radical (unpaired) electrons. The Morgan fingerprint density at radius 2 is 1.96 bits per heavy atom. The zero-order valence-corrected chi connectivity index (χ0v) is 13.0. The molecule has 2 atom stereocenters. The topological polar surface area (TPSA) is 42.0 Å². The second-order valence-electron chi connectivity index (χ2n) is 6.47. The summed E-state index contributed by atoms with van der Waals surface area (Å²) in [4.78, 5) is 16.7. The lowest BCUT2D eigenvalue weighted by Crippen LogP contribution is -2.19. The SMILES string of the molecule is C[C@@]1(c2ccccc2)C[C@H]1C(=O)Nc1ccc2cnccc2c1. The van der Waals surface area contributed by atoms with Crippen molar-refractivity contribution < 1.29 is 4.79 Å². The van der Waals surface area contributed by atoms with Crippen LogP contribution in [0.4, 0.5) is 5.69 Å². The maximum Gasteiger partial charge on any atom is 0.228 e. The second kappa shape index (κ2) is 5.20. The molecular weight excluding hydrogens is 284 g/mol. The number of anilines is 1. The largest absolute Gasteiger partial charge is 0.326 e. The predicted molar refractivity (Wildman–Crippen MR) is 92.3 cm³/mol. The average Bonchev–Trinajstić information content (AvgIpc) is 3.29. The number of hydrogen-bond donors (Lipinski definition) is 1. The first kappa shape index (κ1) is 13.9. The highest BCUT2D eigenvalue weighted by atomic mass is 16.2. The van der Waals surface area contributed by atoms with Crippen LogP contribution in [0.25, 0.3) is 10.8 Å². The van der Waals surface area contributed by atoms with Gasteiger partial charge in [-0.15, -0.1) is 0 Å². The first-order valence-electron chi connectivity index (χ1n) is 7.87. The Kier molecular flexibility index (Phi) is 3.15. The molecule has 0 spiro atoms. The summed E-state index contributed by atoms with van der Waals surface area (Å²) < 4.78 is 0. The molecule has 0 unspecified atom stereocenters. The fourth-order valence-electron chi connectivity index (χ4n) is 3.28. The fraction of sp³-hybridized carbons (Fsp3) is 0.200. The van der Waals surface area contributed by atoms with Gasteiger partial charge in [-0.3, -0.25) is 9.78 Å². The second-order valence-corrected chi connectivity index (χ2v) is 6.47. The molecule has 23 heavy (non-hydrogen) atoms. The first-order valence-corrected chi connectivity index (χ1v) is 7.87. The van der Waals surface area contributed by atoms with Crippen molar-refractivity contribution in [2.45, 2.75) is 18.8 Å². The number of rotatable bonds is 3. The number of benzene rings is 2. The summed E-state index contributed by atoms with van der Waals surface area (Å²) in [5.41, 5.74) is 2.05. The zero-order chi connectivity index (χ0) is 15.9. The number of fused-ring (bicyclic) bond motifs is 1. The third-order valence-corrected chi connectivity index (χ3v) is 4.89. The van der Waals surface area contributed by atoms with Crippen molar-refractivity contribution in [3.05, 3.63) is 72.6 Å². The van der Waals surface area contributed by atoms with Crippen molar-refractivity contribution in [1.82, 2.24) is 4.98 Å². The summed E-state index contributed by atoms with van der Waals surface area (Å²) >= 11 is 0. The van der Waals surface area contributed by atoms with Gasteiger partial charge in [-0.05, 0) is 35.6 Å². The van der Waals surface area contributed by atoms with Crippen molar-refractivity contribution in [3.8, 4) is 0 Å². The molecule has 1 amide bonds. The standard InChI is InChI=1S/C20H18N2O/c1-20(16-5-3-2-4-6-16)12-18(20)19(23)22-17-8-7-15-13-21-10-9-14(15)11-17/h2-11,13,18H,12H2,1H3,(H,22,23)/t18-,20-/m0/s1. The molecule has 1 fully saturated rings. The molecule has 4 rings (SSSR count). The van der Waals surface area contributed by atoms with E-state index >= 15 is 0 Å². The highest BCUT2D eigenvalue weighted by Gasteiger charge is 2.55. The van der Waals surface area contributed by atoms with Crippen LogP contribution in [0.3, 0.4) is 0 Å². The summed E-state index contributed by atoms with van der Waals surface area (Å²) in [7, 11) is 0. The molecule has 3 heteroatoms. The average molecular weight is 302 g/mol. The zero-order valence-electron chi connectivity index (χ0n) is 13.0. The van der Waals surface area contributed by atoms with Gasteiger partial charge in [0.25, 0.3) is 0 Å². The summed E-state index contributed by atoms with van der Waals surface area (Å²) in [5, 5.41) is 5.22. The maximum absolute atomic E-state index is 12.6. The molecule has 0 saturated heterocycles. The third-order valence-electron chi connectivity index (χ3n) is 4.89. The fourth-order valence-corrected chi connectivity index (χ4v) is 3.28. The molecule has 1 aliphatic rings. The third kappa shape index (κ3) is 2.48. The minimum Gasteiger partial charge on any atom is -0.326 e. The quantitative estimate of drug-likeness (QED) is 0.789. The lowest BCUT2D eigenvalue weighted by Gasteiger charge is -2.12. The first-order chi connectivity index (χ1) is 11.2. The number of aromatic nitrogens is 1. The van der Waals surface area contributed by atoms with Crippen LogP contribution < -0.4 is 5.32 Å². The maximum atomic E-state index is 12.6. The lowest BCUT2D eigenvalue weighted by atomic mass is 9.95. The molecule has 1 heterocycles. The highest BCUT2D eigenvalue weighted by molar-refractivity contribution is 5.98. The molecule has 1 N–H and O–H groups in total. The Balaban J connectivity index is 1.52. The van der Waals surface area contributed by atoms with Gasteiger partial charge in [0.2, 0.25) is 5.91 Å². The Bertz CT molecular complexity index is 875. The van der Waals surface area contributed by atoms with Gasteiger partial charge in [-0.1, -0.05) is 43.3 Å². The molecule has 3 aromatic rings. The molecule has 1 aromatic heterocycles. The summed E-state index contributed by atoms with van der Waals surface area (Å²) in [6, 6.07) is 18.2. The Morgan fingerprint density at radius 3 is 2.78 bits per heavy atom. The van der Waals surface area contributed by atoms with E-state index in [4.69, 9.17) is 0 Å². The van der Waals surface area contributed by atoms with Crippen molar-refractivity contribution >= 4 is 22.4 Å². The smallest absolute Gasteiger partial charge is 0.228 e. The Labute approximate surface area is 135 Å². The van der Waals surface area contributed by atoms with Crippen molar-refractivity contribution in [2.75, 3.05) is 5.32 Å². The summed E-state index contributed by atoms with van der Waals surface area (Å²) in [6.45, 7) is 2.17. The van der Waals surface area contributed by atoms with Crippen LogP contribution in [0.1, 0.15) is 18.9 Å². The van der Waals surface area contributed by atoms with Gasteiger partial charge in [0, 0.05) is 34.8 Å². The summed E-state index contributed by atoms with van der Waals surface area (Å²) in [5.74, 6) is 0.141. The minimum atomic E-state index is -0.0356. The van der Waals surface area contributed by atoms with Gasteiger partial charge in [0.15, 0.2) is 0 Å². The number of carbonyl (C=O) groups excluding carboxylic acids is 1. The summed E-state index contributed by atoms with van der Waals surface area (Å²) in [6.07, 6.45) is 4.50. The van der Waals surface area contributed by atoms with Crippen molar-refractivity contribution in [1.29, 1.82) is 0 Å². The van der Waals surface area contributed by atoms with Crippen LogP contribution in [0.5, 0.6) is 0 Å². The molecule has 3 nitrogen and oxygen atoms in total. The van der Waals surface area contributed by atoms with Gasteiger partial charge < -0.3 is 5.32 Å². The number of pyridine rings is 1. The van der Waals surface area contributed by atoms with Crippen molar-refractivity contribution in [3.63, 3.8) is 0 Å². The van der Waals surface area contributed by atoms with Gasteiger partial charge in [-0.25, -0.2) is 0 Å². The predicted octanol–water partition coefficient (Wildman–Crippen LogP) is 4.15. The van der Waals surface area contributed by atoms with E-state index in [0.29, 0.717) is 0 Å². The molecule has 114 valence electrons. The van der Waals surface area contributed by atoms with Gasteiger partial charge >= 0.3 is 0 Å². The van der Waals surface area contributed by atoms with Gasteiger partial charge in [0.05, 0.1) is 0 Å². The number of nitrogens with zero attached hydrogens (tertiary/aromatic N) is 1.